The van der Waals surface area contributed by atoms with Crippen LogP contribution in [0.25, 0.3) is 22.5 Å². The molecule has 0 aliphatic carbocycles. The number of benzene rings is 3. The first kappa shape index (κ1) is 29.1. The standard InChI is InChI=1S/C35H38N4O3/c1-24-13-17-27(18-14-24)32-33(28-19-15-25(2)16-20-28)38-34-29(37-32)22-30(40)35(42)39(34)21-9-4-3-8-12-31(41)36-23-26-10-6-5-7-11-26/h5-7,10-11,13-20,30,40H,3-4,8-9,12,21-23H2,1-2H3,(H,36,41). The van der Waals surface area contributed by atoms with E-state index in [-0.39, 0.29) is 18.2 Å². The fourth-order valence-corrected chi connectivity index (χ4v) is 5.20. The summed E-state index contributed by atoms with van der Waals surface area (Å²) in [6, 6.07) is 26.2. The van der Waals surface area contributed by atoms with E-state index in [0.29, 0.717) is 36.7 Å². The van der Waals surface area contributed by atoms with Gasteiger partial charge in [-0.2, -0.15) is 0 Å². The Bertz CT molecular complexity index is 1520. The van der Waals surface area contributed by atoms with Crippen molar-refractivity contribution in [3.05, 3.63) is 101 Å². The Hall–Kier alpha value is -4.36. The van der Waals surface area contributed by atoms with Crippen molar-refractivity contribution < 1.29 is 14.7 Å². The van der Waals surface area contributed by atoms with E-state index >= 15 is 0 Å². The highest BCUT2D eigenvalue weighted by atomic mass is 16.3. The Labute approximate surface area is 247 Å². The molecule has 0 radical (unpaired) electrons. The average molecular weight is 563 g/mol. The maximum absolute atomic E-state index is 13.1. The minimum Gasteiger partial charge on any atom is -0.383 e. The molecule has 2 N–H and O–H groups in total. The highest BCUT2D eigenvalue weighted by molar-refractivity contribution is 5.99. The molecule has 42 heavy (non-hydrogen) atoms. The highest BCUT2D eigenvalue weighted by Crippen LogP contribution is 2.35. The number of unbranched alkanes of at least 4 members (excludes halogenated alkanes) is 3. The first-order valence-corrected chi connectivity index (χ1v) is 14.7. The number of aliphatic hydroxyl groups is 1. The molecular formula is C35H38N4O3. The first-order valence-electron chi connectivity index (χ1n) is 14.7. The number of amides is 2. The number of carbonyl (C=O) groups excluding carboxylic acids is 2. The second kappa shape index (κ2) is 13.5. The predicted molar refractivity (Wildman–Crippen MR) is 166 cm³/mol. The van der Waals surface area contributed by atoms with Crippen LogP contribution in [0.1, 0.15) is 54.5 Å². The van der Waals surface area contributed by atoms with Crippen LogP contribution in [-0.4, -0.2) is 39.5 Å². The Balaban J connectivity index is 1.26. The van der Waals surface area contributed by atoms with Gasteiger partial charge in [-0.05, 0) is 32.3 Å². The van der Waals surface area contributed by atoms with Crippen molar-refractivity contribution in [2.45, 2.75) is 65.0 Å². The van der Waals surface area contributed by atoms with Crippen LogP contribution in [0, 0.1) is 13.8 Å². The molecule has 0 saturated carbocycles. The Morgan fingerprint density at radius 2 is 1.43 bits per heavy atom. The normalized spacial score (nSPS) is 14.5. The fourth-order valence-electron chi connectivity index (χ4n) is 5.20. The summed E-state index contributed by atoms with van der Waals surface area (Å²) in [6.07, 6.45) is 2.74. The van der Waals surface area contributed by atoms with Crippen molar-refractivity contribution in [1.82, 2.24) is 15.3 Å². The molecule has 1 aliphatic heterocycles. The maximum atomic E-state index is 13.1. The molecule has 1 atom stereocenters. The van der Waals surface area contributed by atoms with Gasteiger partial charge in [-0.25, -0.2) is 9.97 Å². The number of nitrogens with one attached hydrogen (secondary N) is 1. The number of aromatic nitrogens is 2. The number of hydrogen-bond donors (Lipinski definition) is 2. The van der Waals surface area contributed by atoms with E-state index in [1.165, 1.54) is 0 Å². The zero-order valence-electron chi connectivity index (χ0n) is 24.3. The molecule has 0 fully saturated rings. The third-order valence-corrected chi connectivity index (χ3v) is 7.66. The summed E-state index contributed by atoms with van der Waals surface area (Å²) in [5.74, 6) is 0.234. The summed E-state index contributed by atoms with van der Waals surface area (Å²) >= 11 is 0. The molecule has 0 spiro atoms. The number of anilines is 1. The van der Waals surface area contributed by atoms with Gasteiger partial charge in [0, 0.05) is 37.1 Å². The molecule has 7 heteroatoms. The van der Waals surface area contributed by atoms with Crippen LogP contribution < -0.4 is 10.2 Å². The monoisotopic (exact) mass is 562 g/mol. The number of carbonyl (C=O) groups is 2. The van der Waals surface area contributed by atoms with Gasteiger partial charge >= 0.3 is 0 Å². The SMILES string of the molecule is Cc1ccc(-c2nc3c(nc2-c2ccc(C)cc2)N(CCCCCCC(=O)NCc2ccccc2)C(=O)C(O)C3)cc1. The van der Waals surface area contributed by atoms with Crippen molar-refractivity contribution in [2.24, 2.45) is 0 Å². The lowest BCUT2D eigenvalue weighted by molar-refractivity contribution is -0.127. The molecule has 1 unspecified atom stereocenters. The van der Waals surface area contributed by atoms with Gasteiger partial charge in [-0.1, -0.05) is 103 Å². The van der Waals surface area contributed by atoms with E-state index in [1.807, 2.05) is 92.7 Å². The molecule has 2 heterocycles. The van der Waals surface area contributed by atoms with Gasteiger partial charge in [-0.15, -0.1) is 0 Å². The number of aliphatic hydroxyl groups excluding tert-OH is 1. The lowest BCUT2D eigenvalue weighted by Gasteiger charge is -2.31. The van der Waals surface area contributed by atoms with Gasteiger partial charge in [0.15, 0.2) is 5.82 Å². The number of fused-ring (bicyclic) bond motifs is 1. The molecular weight excluding hydrogens is 524 g/mol. The zero-order valence-corrected chi connectivity index (χ0v) is 24.3. The van der Waals surface area contributed by atoms with Crippen LogP contribution in [-0.2, 0) is 22.6 Å². The van der Waals surface area contributed by atoms with E-state index in [0.717, 1.165) is 59.2 Å². The number of rotatable bonds is 11. The van der Waals surface area contributed by atoms with Gasteiger partial charge in [-0.3, -0.25) is 14.5 Å². The molecule has 4 aromatic rings. The summed E-state index contributed by atoms with van der Waals surface area (Å²) < 4.78 is 0. The van der Waals surface area contributed by atoms with Crippen LogP contribution in [0.2, 0.25) is 0 Å². The number of nitrogens with zero attached hydrogens (tertiary/aromatic N) is 3. The summed E-state index contributed by atoms with van der Waals surface area (Å²) in [5.41, 5.74) is 7.34. The third-order valence-electron chi connectivity index (χ3n) is 7.66. The van der Waals surface area contributed by atoms with Crippen molar-refractivity contribution in [1.29, 1.82) is 0 Å². The molecule has 7 nitrogen and oxygen atoms in total. The van der Waals surface area contributed by atoms with Crippen molar-refractivity contribution in [2.75, 3.05) is 11.4 Å². The van der Waals surface area contributed by atoms with Crippen LogP contribution in [0.3, 0.4) is 0 Å². The van der Waals surface area contributed by atoms with Crippen LogP contribution in [0.5, 0.6) is 0 Å². The molecule has 3 aromatic carbocycles. The minimum atomic E-state index is -1.14. The quantitative estimate of drug-likeness (QED) is 0.221. The second-order valence-corrected chi connectivity index (χ2v) is 11.1. The molecule has 0 bridgehead atoms. The van der Waals surface area contributed by atoms with Gasteiger partial charge in [0.2, 0.25) is 5.91 Å². The van der Waals surface area contributed by atoms with Gasteiger partial charge in [0.25, 0.3) is 5.91 Å². The molecule has 216 valence electrons. The lowest BCUT2D eigenvalue weighted by Crippen LogP contribution is -2.46. The largest absolute Gasteiger partial charge is 0.383 e. The number of hydrogen-bond acceptors (Lipinski definition) is 5. The van der Waals surface area contributed by atoms with E-state index in [1.54, 1.807) is 4.90 Å². The first-order chi connectivity index (χ1) is 20.4. The molecule has 1 aliphatic rings. The van der Waals surface area contributed by atoms with Crippen LogP contribution >= 0.6 is 0 Å². The van der Waals surface area contributed by atoms with Gasteiger partial charge in [0.05, 0.1) is 17.1 Å². The van der Waals surface area contributed by atoms with Gasteiger partial charge in [0.1, 0.15) is 6.10 Å². The molecule has 1 aromatic heterocycles. The third kappa shape index (κ3) is 7.09. The topological polar surface area (TPSA) is 95.4 Å². The zero-order chi connectivity index (χ0) is 29.5. The van der Waals surface area contributed by atoms with E-state index in [2.05, 4.69) is 5.32 Å². The smallest absolute Gasteiger partial charge is 0.257 e. The Morgan fingerprint density at radius 3 is 2.07 bits per heavy atom. The van der Waals surface area contributed by atoms with Crippen LogP contribution in [0.4, 0.5) is 5.82 Å². The van der Waals surface area contributed by atoms with E-state index in [4.69, 9.17) is 9.97 Å². The van der Waals surface area contributed by atoms with E-state index < -0.39 is 6.10 Å². The molecule has 5 rings (SSSR count). The summed E-state index contributed by atoms with van der Waals surface area (Å²) in [6.45, 7) is 5.07. The fraction of sp³-hybridized carbons (Fsp3) is 0.314. The second-order valence-electron chi connectivity index (χ2n) is 11.1. The summed E-state index contributed by atoms with van der Waals surface area (Å²) in [7, 11) is 0. The van der Waals surface area contributed by atoms with Crippen molar-refractivity contribution >= 4 is 17.6 Å². The maximum Gasteiger partial charge on any atom is 0.257 e. The lowest BCUT2D eigenvalue weighted by atomic mass is 10.00. The molecule has 2 amide bonds. The van der Waals surface area contributed by atoms with Crippen LogP contribution in [0.15, 0.2) is 78.9 Å². The Kier molecular flexibility index (Phi) is 9.39. The summed E-state index contributed by atoms with van der Waals surface area (Å²) in [4.78, 5) is 37.0. The molecule has 0 saturated heterocycles. The average Bonchev–Trinajstić information content (AvgIpc) is 3.00. The number of aryl methyl sites for hydroxylation is 2. The van der Waals surface area contributed by atoms with Crippen molar-refractivity contribution in [3.63, 3.8) is 0 Å². The van der Waals surface area contributed by atoms with E-state index in [9.17, 15) is 14.7 Å². The highest BCUT2D eigenvalue weighted by Gasteiger charge is 2.34. The van der Waals surface area contributed by atoms with Gasteiger partial charge < -0.3 is 10.4 Å². The minimum absolute atomic E-state index is 0.0467. The predicted octanol–water partition coefficient (Wildman–Crippen LogP) is 5.94. The Morgan fingerprint density at radius 1 is 0.833 bits per heavy atom. The van der Waals surface area contributed by atoms with Crippen molar-refractivity contribution in [3.8, 4) is 22.5 Å². The summed E-state index contributed by atoms with van der Waals surface area (Å²) in [5, 5.41) is 13.6.